The summed E-state index contributed by atoms with van der Waals surface area (Å²) in [6.07, 6.45) is 2.46. The average Bonchev–Trinajstić information content (AvgIpc) is 2.75. The molecule has 3 aromatic rings. The standard InChI is InChI=1S/C27H30FNO2/c1-5-9-22-15-21(17-29-24-13-12-19(3)20(4)14-24)16-26(30-6-2)27(22)31-18-23-10-7-8-11-25(23)28/h5,7-8,10-16,29H,1,6,9,17-18H2,2-4H3. The summed E-state index contributed by atoms with van der Waals surface area (Å²) in [4.78, 5) is 0. The fourth-order valence-corrected chi connectivity index (χ4v) is 3.38. The molecule has 31 heavy (non-hydrogen) atoms. The van der Waals surface area contributed by atoms with Crippen molar-refractivity contribution < 1.29 is 13.9 Å². The molecule has 0 bridgehead atoms. The first kappa shape index (κ1) is 22.4. The van der Waals surface area contributed by atoms with Gasteiger partial charge in [-0.2, -0.15) is 0 Å². The summed E-state index contributed by atoms with van der Waals surface area (Å²) in [5, 5.41) is 3.48. The topological polar surface area (TPSA) is 30.5 Å². The maximum Gasteiger partial charge on any atom is 0.165 e. The maximum absolute atomic E-state index is 14.0. The van der Waals surface area contributed by atoms with Crippen LogP contribution in [0.1, 0.15) is 34.7 Å². The number of hydrogen-bond donors (Lipinski definition) is 1. The van der Waals surface area contributed by atoms with Gasteiger partial charge in [0, 0.05) is 23.4 Å². The lowest BCUT2D eigenvalue weighted by Crippen LogP contribution is -2.06. The summed E-state index contributed by atoms with van der Waals surface area (Å²) in [6, 6.07) is 17.1. The SMILES string of the molecule is C=CCc1cc(CNc2ccc(C)c(C)c2)cc(OCC)c1OCc1ccccc1F. The Morgan fingerprint density at radius 2 is 1.77 bits per heavy atom. The van der Waals surface area contributed by atoms with Gasteiger partial charge in [-0.25, -0.2) is 4.39 Å². The molecule has 0 aliphatic heterocycles. The highest BCUT2D eigenvalue weighted by Gasteiger charge is 2.14. The molecule has 162 valence electrons. The summed E-state index contributed by atoms with van der Waals surface area (Å²) in [6.45, 7) is 11.3. The van der Waals surface area contributed by atoms with Crippen LogP contribution in [0, 0.1) is 19.7 Å². The van der Waals surface area contributed by atoms with E-state index in [1.165, 1.54) is 17.2 Å². The fraction of sp³-hybridized carbons (Fsp3) is 0.259. The van der Waals surface area contributed by atoms with Crippen LogP contribution in [0.3, 0.4) is 0 Å². The van der Waals surface area contributed by atoms with Crippen molar-refractivity contribution in [1.29, 1.82) is 0 Å². The first-order valence-electron chi connectivity index (χ1n) is 10.6. The number of aryl methyl sites for hydroxylation is 2. The molecule has 3 aromatic carbocycles. The summed E-state index contributed by atoms with van der Waals surface area (Å²) >= 11 is 0. The molecule has 3 nitrogen and oxygen atoms in total. The highest BCUT2D eigenvalue weighted by Crippen LogP contribution is 2.35. The van der Waals surface area contributed by atoms with Gasteiger partial charge < -0.3 is 14.8 Å². The van der Waals surface area contributed by atoms with Gasteiger partial charge in [0.2, 0.25) is 0 Å². The summed E-state index contributed by atoms with van der Waals surface area (Å²) in [5.41, 5.74) is 6.16. The Hall–Kier alpha value is -3.27. The maximum atomic E-state index is 14.0. The van der Waals surface area contributed by atoms with Crippen LogP contribution in [0.4, 0.5) is 10.1 Å². The van der Waals surface area contributed by atoms with Crippen molar-refractivity contribution in [1.82, 2.24) is 0 Å². The van der Waals surface area contributed by atoms with Crippen molar-refractivity contribution in [2.45, 2.75) is 40.3 Å². The molecule has 0 aromatic heterocycles. The predicted octanol–water partition coefficient (Wildman–Crippen LogP) is 6.76. The largest absolute Gasteiger partial charge is 0.490 e. The van der Waals surface area contributed by atoms with Crippen molar-refractivity contribution in [2.24, 2.45) is 0 Å². The minimum atomic E-state index is -0.278. The molecule has 0 saturated heterocycles. The minimum absolute atomic E-state index is 0.136. The van der Waals surface area contributed by atoms with Crippen molar-refractivity contribution in [3.05, 3.63) is 101 Å². The molecule has 4 heteroatoms. The van der Waals surface area contributed by atoms with Crippen LogP contribution in [-0.2, 0) is 19.6 Å². The zero-order valence-corrected chi connectivity index (χ0v) is 18.5. The number of ether oxygens (including phenoxy) is 2. The lowest BCUT2D eigenvalue weighted by atomic mass is 10.0. The zero-order chi connectivity index (χ0) is 22.2. The Labute approximate surface area is 184 Å². The fourth-order valence-electron chi connectivity index (χ4n) is 3.38. The van der Waals surface area contributed by atoms with E-state index in [4.69, 9.17) is 9.47 Å². The molecule has 1 N–H and O–H groups in total. The van der Waals surface area contributed by atoms with Crippen LogP contribution in [-0.4, -0.2) is 6.61 Å². The van der Waals surface area contributed by atoms with Crippen LogP contribution >= 0.6 is 0 Å². The smallest absolute Gasteiger partial charge is 0.165 e. The van der Waals surface area contributed by atoms with Gasteiger partial charge in [-0.05, 0) is 74.2 Å². The van der Waals surface area contributed by atoms with Gasteiger partial charge in [0.25, 0.3) is 0 Å². The van der Waals surface area contributed by atoms with E-state index < -0.39 is 0 Å². The number of halogens is 1. The van der Waals surface area contributed by atoms with E-state index in [9.17, 15) is 4.39 Å². The Morgan fingerprint density at radius 1 is 0.968 bits per heavy atom. The van der Waals surface area contributed by atoms with Gasteiger partial charge in [-0.1, -0.05) is 30.3 Å². The van der Waals surface area contributed by atoms with Crippen molar-refractivity contribution in [2.75, 3.05) is 11.9 Å². The first-order chi connectivity index (χ1) is 15.0. The lowest BCUT2D eigenvalue weighted by molar-refractivity contribution is 0.263. The number of nitrogens with one attached hydrogen (secondary N) is 1. The van der Waals surface area contributed by atoms with Gasteiger partial charge in [0.1, 0.15) is 12.4 Å². The normalized spacial score (nSPS) is 10.6. The van der Waals surface area contributed by atoms with Crippen molar-refractivity contribution in [3.63, 3.8) is 0 Å². The van der Waals surface area contributed by atoms with Gasteiger partial charge in [-0.3, -0.25) is 0 Å². The monoisotopic (exact) mass is 419 g/mol. The molecule has 0 spiro atoms. The number of rotatable bonds is 10. The third-order valence-corrected chi connectivity index (χ3v) is 5.19. The summed E-state index contributed by atoms with van der Waals surface area (Å²) in [7, 11) is 0. The molecule has 0 heterocycles. The van der Waals surface area contributed by atoms with Crippen LogP contribution < -0.4 is 14.8 Å². The molecule has 0 atom stereocenters. The highest BCUT2D eigenvalue weighted by molar-refractivity contribution is 5.53. The number of hydrogen-bond acceptors (Lipinski definition) is 3. The van der Waals surface area contributed by atoms with E-state index in [1.807, 2.05) is 19.1 Å². The Kier molecular flexibility index (Phi) is 7.71. The quantitative estimate of drug-likeness (QED) is 0.368. The third kappa shape index (κ3) is 5.88. The van der Waals surface area contributed by atoms with Crippen LogP contribution in [0.2, 0.25) is 0 Å². The number of anilines is 1. The van der Waals surface area contributed by atoms with E-state index in [0.717, 1.165) is 16.8 Å². The van der Waals surface area contributed by atoms with E-state index in [-0.39, 0.29) is 12.4 Å². The summed E-state index contributed by atoms with van der Waals surface area (Å²) < 4.78 is 26.0. The molecule has 0 amide bonds. The van der Waals surface area contributed by atoms with E-state index in [0.29, 0.717) is 36.6 Å². The Balaban J connectivity index is 1.85. The molecule has 0 aliphatic rings. The third-order valence-electron chi connectivity index (χ3n) is 5.19. The van der Waals surface area contributed by atoms with Crippen LogP contribution in [0.5, 0.6) is 11.5 Å². The van der Waals surface area contributed by atoms with E-state index in [2.05, 4.69) is 50.0 Å². The van der Waals surface area contributed by atoms with Crippen LogP contribution in [0.15, 0.2) is 67.3 Å². The van der Waals surface area contributed by atoms with Crippen LogP contribution in [0.25, 0.3) is 0 Å². The van der Waals surface area contributed by atoms with Gasteiger partial charge in [0.05, 0.1) is 6.61 Å². The Bertz CT molecular complexity index is 1050. The van der Waals surface area contributed by atoms with Crippen molar-refractivity contribution in [3.8, 4) is 11.5 Å². The number of benzene rings is 3. The minimum Gasteiger partial charge on any atom is -0.490 e. The molecule has 0 aliphatic carbocycles. The highest BCUT2D eigenvalue weighted by atomic mass is 19.1. The second-order valence-corrected chi connectivity index (χ2v) is 7.54. The van der Waals surface area contributed by atoms with Gasteiger partial charge in [0.15, 0.2) is 11.5 Å². The molecular formula is C27H30FNO2. The second kappa shape index (κ2) is 10.7. The van der Waals surface area contributed by atoms with Crippen molar-refractivity contribution >= 4 is 5.69 Å². The zero-order valence-electron chi connectivity index (χ0n) is 18.5. The molecular weight excluding hydrogens is 389 g/mol. The molecule has 0 radical (unpaired) electrons. The van der Waals surface area contributed by atoms with E-state index >= 15 is 0 Å². The molecule has 0 saturated carbocycles. The predicted molar refractivity (Wildman–Crippen MR) is 125 cm³/mol. The lowest BCUT2D eigenvalue weighted by Gasteiger charge is -2.18. The van der Waals surface area contributed by atoms with E-state index in [1.54, 1.807) is 18.2 Å². The Morgan fingerprint density at radius 3 is 2.48 bits per heavy atom. The average molecular weight is 420 g/mol. The van der Waals surface area contributed by atoms with Gasteiger partial charge in [-0.15, -0.1) is 6.58 Å². The molecule has 3 rings (SSSR count). The second-order valence-electron chi connectivity index (χ2n) is 7.54. The molecule has 0 fully saturated rings. The molecule has 0 unspecified atom stereocenters. The summed E-state index contributed by atoms with van der Waals surface area (Å²) in [5.74, 6) is 1.02. The van der Waals surface area contributed by atoms with Gasteiger partial charge >= 0.3 is 0 Å². The number of allylic oxidation sites excluding steroid dienone is 1. The first-order valence-corrected chi connectivity index (χ1v) is 10.6.